The number of hydrogen-bond donors (Lipinski definition) is 2. The molecule has 0 bridgehead atoms. The van der Waals surface area contributed by atoms with Gasteiger partial charge >= 0.3 is 0 Å². The van der Waals surface area contributed by atoms with Crippen molar-refractivity contribution in [1.82, 2.24) is 20.2 Å². The molecule has 2 heterocycles. The summed E-state index contributed by atoms with van der Waals surface area (Å²) >= 11 is 0. The second kappa shape index (κ2) is 9.27. The summed E-state index contributed by atoms with van der Waals surface area (Å²) < 4.78 is 19.5. The van der Waals surface area contributed by atoms with Gasteiger partial charge in [0.25, 0.3) is 5.91 Å². The lowest BCUT2D eigenvalue weighted by atomic mass is 9.89. The number of fused-ring (bicyclic) bond motifs is 2. The summed E-state index contributed by atoms with van der Waals surface area (Å²) in [5.74, 6) is 0.337. The van der Waals surface area contributed by atoms with Crippen molar-refractivity contribution < 1.29 is 13.6 Å². The van der Waals surface area contributed by atoms with E-state index >= 15 is 0 Å². The van der Waals surface area contributed by atoms with E-state index in [1.54, 1.807) is 6.07 Å². The predicted octanol–water partition coefficient (Wildman–Crippen LogP) is 4.88. The van der Waals surface area contributed by atoms with Crippen LogP contribution in [0.3, 0.4) is 0 Å². The molecule has 0 aliphatic heterocycles. The van der Waals surface area contributed by atoms with E-state index in [0.717, 1.165) is 31.1 Å². The first-order valence-corrected chi connectivity index (χ1v) is 11.7. The zero-order valence-corrected chi connectivity index (χ0v) is 19.0. The summed E-state index contributed by atoms with van der Waals surface area (Å²) in [6, 6.07) is 14.4. The Hall–Kier alpha value is -3.70. The molecule has 1 fully saturated rings. The first-order valence-electron chi connectivity index (χ1n) is 11.7. The SMILES string of the molecule is CCN(C(=O)c1nc2ccc(F)cc2[nH]1)[C@H]1CCC[C@@H](NCc2oc3ccccc3c2C#N)C1. The molecule has 1 saturated carbocycles. The number of hydrogen-bond acceptors (Lipinski definition) is 5. The highest BCUT2D eigenvalue weighted by molar-refractivity contribution is 5.94. The summed E-state index contributed by atoms with van der Waals surface area (Å²) in [5.41, 5.74) is 2.37. The molecule has 0 saturated heterocycles. The number of nitrogens with zero attached hydrogens (tertiary/aromatic N) is 3. The third-order valence-corrected chi connectivity index (χ3v) is 6.67. The maximum absolute atomic E-state index is 13.5. The number of rotatable bonds is 6. The van der Waals surface area contributed by atoms with Crippen LogP contribution in [0.2, 0.25) is 0 Å². The van der Waals surface area contributed by atoms with Gasteiger partial charge in [0.15, 0.2) is 5.82 Å². The van der Waals surface area contributed by atoms with E-state index in [1.807, 2.05) is 36.1 Å². The minimum absolute atomic E-state index is 0.0693. The van der Waals surface area contributed by atoms with Gasteiger partial charge in [0.2, 0.25) is 0 Å². The second-order valence-electron chi connectivity index (χ2n) is 8.74. The average Bonchev–Trinajstić information content (AvgIpc) is 3.44. The van der Waals surface area contributed by atoms with E-state index in [-0.39, 0.29) is 29.6 Å². The van der Waals surface area contributed by atoms with Gasteiger partial charge in [-0.05, 0) is 62.9 Å². The summed E-state index contributed by atoms with van der Waals surface area (Å²) in [5, 5.41) is 14.0. The number of aromatic amines is 1. The molecule has 0 spiro atoms. The van der Waals surface area contributed by atoms with E-state index in [9.17, 15) is 14.4 Å². The van der Waals surface area contributed by atoms with E-state index in [4.69, 9.17) is 4.42 Å². The van der Waals surface area contributed by atoms with Gasteiger partial charge in [0.05, 0.1) is 17.6 Å². The molecule has 34 heavy (non-hydrogen) atoms. The van der Waals surface area contributed by atoms with Crippen molar-refractivity contribution in [3.05, 3.63) is 65.4 Å². The molecule has 0 radical (unpaired) electrons. The lowest BCUT2D eigenvalue weighted by Gasteiger charge is -2.37. The van der Waals surface area contributed by atoms with Crippen molar-refractivity contribution >= 4 is 27.9 Å². The Labute approximate surface area is 196 Å². The molecule has 174 valence electrons. The third kappa shape index (κ3) is 4.15. The summed E-state index contributed by atoms with van der Waals surface area (Å²) in [6.45, 7) is 2.98. The highest BCUT2D eigenvalue weighted by Gasteiger charge is 2.31. The highest BCUT2D eigenvalue weighted by atomic mass is 19.1. The van der Waals surface area contributed by atoms with Crippen LogP contribution in [0.1, 0.15) is 54.5 Å². The monoisotopic (exact) mass is 459 g/mol. The zero-order chi connectivity index (χ0) is 23.7. The Morgan fingerprint density at radius 3 is 3.00 bits per heavy atom. The molecule has 1 amide bonds. The molecule has 2 aromatic carbocycles. The van der Waals surface area contributed by atoms with Crippen LogP contribution in [-0.4, -0.2) is 39.4 Å². The fourth-order valence-electron chi connectivity index (χ4n) is 5.00. The largest absolute Gasteiger partial charge is 0.458 e. The van der Waals surface area contributed by atoms with Crippen LogP contribution in [-0.2, 0) is 6.54 Å². The lowest BCUT2D eigenvalue weighted by molar-refractivity contribution is 0.0616. The van der Waals surface area contributed by atoms with Gasteiger partial charge in [-0.15, -0.1) is 0 Å². The van der Waals surface area contributed by atoms with Crippen LogP contribution in [0, 0.1) is 17.1 Å². The van der Waals surface area contributed by atoms with E-state index < -0.39 is 0 Å². The van der Waals surface area contributed by atoms with Crippen molar-refractivity contribution in [1.29, 1.82) is 5.26 Å². The number of nitrogens with one attached hydrogen (secondary N) is 2. The van der Waals surface area contributed by atoms with Crippen LogP contribution in [0.4, 0.5) is 4.39 Å². The van der Waals surface area contributed by atoms with Gasteiger partial charge in [-0.3, -0.25) is 4.79 Å². The highest BCUT2D eigenvalue weighted by Crippen LogP contribution is 2.28. The number of para-hydroxylation sites is 1. The minimum Gasteiger partial charge on any atom is -0.458 e. The standard InChI is InChI=1S/C26H26FN5O2/c1-2-32(26(33)25-30-21-11-10-16(27)12-22(21)31-25)18-7-5-6-17(13-18)29-15-24-20(14-28)19-8-3-4-9-23(19)34-24/h3-4,8-12,17-18,29H,2,5-7,13,15H2,1H3,(H,30,31)/t17-,18+/m1/s1. The quantitative estimate of drug-likeness (QED) is 0.428. The maximum Gasteiger partial charge on any atom is 0.289 e. The number of carbonyl (C=O) groups is 1. The average molecular weight is 460 g/mol. The molecular formula is C26H26FN5O2. The molecule has 1 aliphatic carbocycles. The molecule has 2 aromatic heterocycles. The molecule has 0 unspecified atom stereocenters. The van der Waals surface area contributed by atoms with Gasteiger partial charge in [0, 0.05) is 24.0 Å². The normalized spacial score (nSPS) is 18.3. The molecule has 4 aromatic rings. The van der Waals surface area contributed by atoms with Crippen LogP contribution in [0.25, 0.3) is 22.0 Å². The molecule has 7 nitrogen and oxygen atoms in total. The molecule has 5 rings (SSSR count). The van der Waals surface area contributed by atoms with E-state index in [0.29, 0.717) is 41.0 Å². The summed E-state index contributed by atoms with van der Waals surface area (Å²) in [4.78, 5) is 22.5. The first kappa shape index (κ1) is 22.1. The van der Waals surface area contributed by atoms with Crippen LogP contribution in [0.15, 0.2) is 46.9 Å². The predicted molar refractivity (Wildman–Crippen MR) is 127 cm³/mol. The minimum atomic E-state index is -0.368. The molecule has 8 heteroatoms. The Balaban J connectivity index is 1.28. The number of nitriles is 1. The number of imidazole rings is 1. The van der Waals surface area contributed by atoms with Crippen LogP contribution in [0.5, 0.6) is 0 Å². The van der Waals surface area contributed by atoms with Crippen molar-refractivity contribution in [2.24, 2.45) is 0 Å². The number of furan rings is 1. The second-order valence-corrected chi connectivity index (χ2v) is 8.74. The number of aromatic nitrogens is 2. The molecular weight excluding hydrogens is 433 g/mol. The number of benzene rings is 2. The number of carbonyl (C=O) groups excluding carboxylic acids is 1. The lowest BCUT2D eigenvalue weighted by Crippen LogP contribution is -2.47. The van der Waals surface area contributed by atoms with Gasteiger partial charge in [-0.2, -0.15) is 5.26 Å². The Bertz CT molecular complexity index is 1390. The van der Waals surface area contributed by atoms with Crippen molar-refractivity contribution in [2.45, 2.75) is 51.2 Å². The molecule has 1 aliphatic rings. The van der Waals surface area contributed by atoms with Crippen molar-refractivity contribution in [3.63, 3.8) is 0 Å². The summed E-state index contributed by atoms with van der Waals surface area (Å²) in [7, 11) is 0. The van der Waals surface area contributed by atoms with Gasteiger partial charge in [-0.25, -0.2) is 9.37 Å². The smallest absolute Gasteiger partial charge is 0.289 e. The van der Waals surface area contributed by atoms with E-state index in [1.165, 1.54) is 12.1 Å². The number of halogens is 1. The number of H-pyrrole nitrogens is 1. The number of amides is 1. The zero-order valence-electron chi connectivity index (χ0n) is 19.0. The van der Waals surface area contributed by atoms with Crippen LogP contribution >= 0.6 is 0 Å². The fourth-order valence-corrected chi connectivity index (χ4v) is 5.00. The van der Waals surface area contributed by atoms with Crippen molar-refractivity contribution in [3.8, 4) is 6.07 Å². The summed E-state index contributed by atoms with van der Waals surface area (Å²) in [6.07, 6.45) is 3.70. The first-order chi connectivity index (χ1) is 16.6. The van der Waals surface area contributed by atoms with Gasteiger partial charge in [0.1, 0.15) is 28.8 Å². The Morgan fingerprint density at radius 1 is 1.32 bits per heavy atom. The Morgan fingerprint density at radius 2 is 2.18 bits per heavy atom. The fraction of sp³-hybridized carbons (Fsp3) is 0.346. The Kier molecular flexibility index (Phi) is 6.03. The maximum atomic E-state index is 13.5. The van der Waals surface area contributed by atoms with Crippen molar-refractivity contribution in [2.75, 3.05) is 6.54 Å². The topological polar surface area (TPSA) is 97.9 Å². The van der Waals surface area contributed by atoms with Gasteiger partial charge in [-0.1, -0.05) is 12.1 Å². The molecule has 2 atom stereocenters. The van der Waals surface area contributed by atoms with Gasteiger partial charge < -0.3 is 19.6 Å². The van der Waals surface area contributed by atoms with E-state index in [2.05, 4.69) is 21.4 Å². The van der Waals surface area contributed by atoms with Crippen LogP contribution < -0.4 is 5.32 Å². The molecule has 2 N–H and O–H groups in total. The third-order valence-electron chi connectivity index (χ3n) is 6.67.